The lowest BCUT2D eigenvalue weighted by Gasteiger charge is -2.15. The van der Waals surface area contributed by atoms with Crippen molar-refractivity contribution in [2.75, 3.05) is 7.11 Å². The molecule has 1 unspecified atom stereocenters. The van der Waals surface area contributed by atoms with Crippen molar-refractivity contribution in [3.05, 3.63) is 72.3 Å². The number of methoxy groups -OCH3 is 1. The van der Waals surface area contributed by atoms with Crippen molar-refractivity contribution in [2.45, 2.75) is 19.0 Å². The third kappa shape index (κ3) is 4.55. The Labute approximate surface area is 152 Å². The molecule has 6 heteroatoms. The van der Waals surface area contributed by atoms with Gasteiger partial charge >= 0.3 is 5.97 Å². The second-order valence-electron chi connectivity index (χ2n) is 6.07. The van der Waals surface area contributed by atoms with Gasteiger partial charge in [-0.3, -0.25) is 19.8 Å². The van der Waals surface area contributed by atoms with Crippen LogP contribution < -0.4 is 5.32 Å². The molecule has 0 spiro atoms. The summed E-state index contributed by atoms with van der Waals surface area (Å²) < 4.78 is 6.64. The van der Waals surface area contributed by atoms with Gasteiger partial charge < -0.3 is 4.74 Å². The zero-order valence-electron chi connectivity index (χ0n) is 14.9. The SMILES string of the molecule is COC(=O)C(Cc1ccn(C)n1)NCc1ccc(-c2ccncc2)cc1. The van der Waals surface area contributed by atoms with Crippen LogP contribution in [0.2, 0.25) is 0 Å². The Morgan fingerprint density at radius 2 is 1.81 bits per heavy atom. The molecule has 0 fully saturated rings. The lowest BCUT2D eigenvalue weighted by atomic mass is 10.0. The van der Waals surface area contributed by atoms with E-state index in [1.165, 1.54) is 7.11 Å². The summed E-state index contributed by atoms with van der Waals surface area (Å²) in [6, 6.07) is 13.7. The molecule has 0 saturated carbocycles. The lowest BCUT2D eigenvalue weighted by Crippen LogP contribution is -2.39. The molecule has 1 N–H and O–H groups in total. The number of aromatic nitrogens is 3. The predicted molar refractivity (Wildman–Crippen MR) is 99.2 cm³/mol. The van der Waals surface area contributed by atoms with Gasteiger partial charge in [0, 0.05) is 38.6 Å². The van der Waals surface area contributed by atoms with Gasteiger partial charge in [0.1, 0.15) is 6.04 Å². The average Bonchev–Trinajstić information content (AvgIpc) is 3.10. The zero-order chi connectivity index (χ0) is 18.4. The molecule has 0 aliphatic heterocycles. The van der Waals surface area contributed by atoms with Gasteiger partial charge in [0.2, 0.25) is 0 Å². The Hall–Kier alpha value is -2.99. The van der Waals surface area contributed by atoms with Crippen LogP contribution in [0.25, 0.3) is 11.1 Å². The van der Waals surface area contributed by atoms with E-state index in [4.69, 9.17) is 4.74 Å². The lowest BCUT2D eigenvalue weighted by molar-refractivity contribution is -0.143. The number of carbonyl (C=O) groups is 1. The van der Waals surface area contributed by atoms with Gasteiger partial charge in [-0.25, -0.2) is 0 Å². The minimum Gasteiger partial charge on any atom is -0.468 e. The van der Waals surface area contributed by atoms with E-state index < -0.39 is 6.04 Å². The van der Waals surface area contributed by atoms with Crippen molar-refractivity contribution in [1.82, 2.24) is 20.1 Å². The molecule has 1 atom stereocenters. The van der Waals surface area contributed by atoms with Crippen LogP contribution in [0.5, 0.6) is 0 Å². The van der Waals surface area contributed by atoms with Gasteiger partial charge in [-0.2, -0.15) is 5.10 Å². The van der Waals surface area contributed by atoms with Crippen LogP contribution in [0, 0.1) is 0 Å². The quantitative estimate of drug-likeness (QED) is 0.663. The molecule has 134 valence electrons. The van der Waals surface area contributed by atoms with E-state index in [0.717, 1.165) is 22.4 Å². The summed E-state index contributed by atoms with van der Waals surface area (Å²) in [6.07, 6.45) is 5.91. The fourth-order valence-corrected chi connectivity index (χ4v) is 2.76. The molecular weight excluding hydrogens is 328 g/mol. The molecule has 0 radical (unpaired) electrons. The predicted octanol–water partition coefficient (Wildman–Crippen LogP) is 2.36. The van der Waals surface area contributed by atoms with Gasteiger partial charge in [-0.1, -0.05) is 24.3 Å². The topological polar surface area (TPSA) is 69.0 Å². The van der Waals surface area contributed by atoms with Crippen LogP contribution in [-0.4, -0.2) is 33.9 Å². The molecule has 0 amide bonds. The van der Waals surface area contributed by atoms with Gasteiger partial charge in [0.05, 0.1) is 12.8 Å². The third-order valence-corrected chi connectivity index (χ3v) is 4.19. The molecule has 26 heavy (non-hydrogen) atoms. The maximum absolute atomic E-state index is 12.1. The molecule has 6 nitrogen and oxygen atoms in total. The standard InChI is InChI=1S/C20H22N4O2/c1-24-12-9-18(23-24)13-19(20(25)26-2)22-14-15-3-5-16(6-4-15)17-7-10-21-11-8-17/h3-12,19,22H,13-14H2,1-2H3. The average molecular weight is 350 g/mol. The van der Waals surface area contributed by atoms with Crippen molar-refractivity contribution in [3.63, 3.8) is 0 Å². The molecule has 0 bridgehead atoms. The van der Waals surface area contributed by atoms with Crippen LogP contribution in [0.4, 0.5) is 0 Å². The first-order chi connectivity index (χ1) is 12.7. The second kappa shape index (κ2) is 8.40. The van der Waals surface area contributed by atoms with E-state index in [2.05, 4.69) is 39.7 Å². The number of aryl methyl sites for hydroxylation is 1. The van der Waals surface area contributed by atoms with Crippen LogP contribution in [0.1, 0.15) is 11.3 Å². The smallest absolute Gasteiger partial charge is 0.323 e. The van der Waals surface area contributed by atoms with E-state index in [-0.39, 0.29) is 5.97 Å². The van der Waals surface area contributed by atoms with Gasteiger partial charge in [0.25, 0.3) is 0 Å². The summed E-state index contributed by atoms with van der Waals surface area (Å²) in [4.78, 5) is 16.1. The summed E-state index contributed by atoms with van der Waals surface area (Å²) in [5.41, 5.74) is 4.21. The first-order valence-electron chi connectivity index (χ1n) is 8.45. The van der Waals surface area contributed by atoms with Crippen molar-refractivity contribution in [1.29, 1.82) is 0 Å². The maximum Gasteiger partial charge on any atom is 0.323 e. The maximum atomic E-state index is 12.1. The number of hydrogen-bond acceptors (Lipinski definition) is 5. The van der Waals surface area contributed by atoms with Crippen molar-refractivity contribution >= 4 is 5.97 Å². The Bertz CT molecular complexity index is 844. The highest BCUT2D eigenvalue weighted by Gasteiger charge is 2.20. The number of carbonyl (C=O) groups excluding carboxylic acids is 1. The van der Waals surface area contributed by atoms with E-state index in [1.807, 2.05) is 31.4 Å². The number of nitrogens with one attached hydrogen (secondary N) is 1. The summed E-state index contributed by atoms with van der Waals surface area (Å²) in [7, 11) is 3.26. The van der Waals surface area contributed by atoms with Crippen LogP contribution >= 0.6 is 0 Å². The molecule has 2 heterocycles. The van der Waals surface area contributed by atoms with Crippen LogP contribution in [0.3, 0.4) is 0 Å². The first-order valence-corrected chi connectivity index (χ1v) is 8.45. The number of nitrogens with zero attached hydrogens (tertiary/aromatic N) is 3. The number of hydrogen-bond donors (Lipinski definition) is 1. The summed E-state index contributed by atoms with van der Waals surface area (Å²) in [5.74, 6) is -0.288. The number of ether oxygens (including phenoxy) is 1. The highest BCUT2D eigenvalue weighted by atomic mass is 16.5. The normalized spacial score (nSPS) is 11.9. The molecular formula is C20H22N4O2. The van der Waals surface area contributed by atoms with Crippen molar-refractivity contribution in [3.8, 4) is 11.1 Å². The number of benzene rings is 1. The monoisotopic (exact) mass is 350 g/mol. The molecule has 3 aromatic rings. The fraction of sp³-hybridized carbons (Fsp3) is 0.250. The van der Waals surface area contributed by atoms with E-state index in [0.29, 0.717) is 13.0 Å². The largest absolute Gasteiger partial charge is 0.468 e. The highest BCUT2D eigenvalue weighted by Crippen LogP contribution is 2.18. The Kier molecular flexibility index (Phi) is 5.76. The Morgan fingerprint density at radius 3 is 2.42 bits per heavy atom. The van der Waals surface area contributed by atoms with Crippen LogP contribution in [0.15, 0.2) is 61.1 Å². The Balaban J connectivity index is 1.64. The minimum absolute atomic E-state index is 0.288. The second-order valence-corrected chi connectivity index (χ2v) is 6.07. The summed E-state index contributed by atoms with van der Waals surface area (Å²) in [5, 5.41) is 7.60. The van der Waals surface area contributed by atoms with E-state index >= 15 is 0 Å². The molecule has 3 rings (SSSR count). The van der Waals surface area contributed by atoms with E-state index in [1.54, 1.807) is 17.1 Å². The van der Waals surface area contributed by atoms with Gasteiger partial charge in [-0.05, 0) is 34.9 Å². The van der Waals surface area contributed by atoms with Crippen molar-refractivity contribution in [2.24, 2.45) is 7.05 Å². The Morgan fingerprint density at radius 1 is 1.12 bits per heavy atom. The highest BCUT2D eigenvalue weighted by molar-refractivity contribution is 5.76. The fourth-order valence-electron chi connectivity index (χ4n) is 2.76. The zero-order valence-corrected chi connectivity index (χ0v) is 14.9. The molecule has 0 aliphatic carbocycles. The summed E-state index contributed by atoms with van der Waals surface area (Å²) in [6.45, 7) is 0.573. The molecule has 0 saturated heterocycles. The van der Waals surface area contributed by atoms with Gasteiger partial charge in [-0.15, -0.1) is 0 Å². The summed E-state index contributed by atoms with van der Waals surface area (Å²) >= 11 is 0. The molecule has 1 aromatic carbocycles. The number of rotatable bonds is 7. The van der Waals surface area contributed by atoms with Crippen molar-refractivity contribution < 1.29 is 9.53 Å². The van der Waals surface area contributed by atoms with E-state index in [9.17, 15) is 4.79 Å². The van der Waals surface area contributed by atoms with Gasteiger partial charge in [0.15, 0.2) is 0 Å². The van der Waals surface area contributed by atoms with Crippen LogP contribution in [-0.2, 0) is 29.5 Å². The molecule has 0 aliphatic rings. The molecule has 2 aromatic heterocycles. The number of pyridine rings is 1. The third-order valence-electron chi connectivity index (χ3n) is 4.19. The first kappa shape index (κ1) is 17.8. The minimum atomic E-state index is -0.435. The number of esters is 1.